The molecular weight excluding hydrogens is 386 g/mol. The van der Waals surface area contributed by atoms with Crippen molar-refractivity contribution < 1.29 is 9.53 Å². The second kappa shape index (κ2) is 8.26. The van der Waals surface area contributed by atoms with Crippen molar-refractivity contribution in [3.8, 4) is 0 Å². The summed E-state index contributed by atoms with van der Waals surface area (Å²) in [5, 5.41) is 1.21. The molecule has 0 aliphatic heterocycles. The van der Waals surface area contributed by atoms with E-state index in [1.165, 1.54) is 0 Å². The molecule has 0 fully saturated rings. The standard InChI is InChI=1S/C24H22ClNO3/c1-2-29-24(28)18-8-4-6-10-20-22(21(18)15-11-13-16(25)14-12-15)23(27)17-7-3-5-9-19(17)26-20/h3,5,7,9,11-14H,2,4,6,8,10H2,1H3,(H,26,27). The van der Waals surface area contributed by atoms with Crippen molar-refractivity contribution in [3.05, 3.63) is 86.2 Å². The largest absolute Gasteiger partial charge is 0.463 e. The van der Waals surface area contributed by atoms with E-state index in [0.29, 0.717) is 33.5 Å². The van der Waals surface area contributed by atoms with Gasteiger partial charge in [-0.05, 0) is 62.4 Å². The van der Waals surface area contributed by atoms with Gasteiger partial charge in [-0.3, -0.25) is 4.79 Å². The predicted octanol–water partition coefficient (Wildman–Crippen LogP) is 5.27. The zero-order valence-corrected chi connectivity index (χ0v) is 17.0. The molecule has 4 rings (SSSR count). The fourth-order valence-corrected chi connectivity index (χ4v) is 4.10. The summed E-state index contributed by atoms with van der Waals surface area (Å²) in [6.07, 6.45) is 3.06. The third-order valence-electron chi connectivity index (χ3n) is 5.30. The van der Waals surface area contributed by atoms with Gasteiger partial charge in [0.05, 0.1) is 12.2 Å². The number of fused-ring (bicyclic) bond motifs is 2. The third-order valence-corrected chi connectivity index (χ3v) is 5.55. The van der Waals surface area contributed by atoms with Gasteiger partial charge in [0.2, 0.25) is 0 Å². The Bertz CT molecular complexity index is 1160. The number of aromatic amines is 1. The van der Waals surface area contributed by atoms with Crippen molar-refractivity contribution in [2.24, 2.45) is 0 Å². The average Bonchev–Trinajstić information content (AvgIpc) is 2.71. The van der Waals surface area contributed by atoms with Crippen molar-refractivity contribution in [1.29, 1.82) is 0 Å². The highest BCUT2D eigenvalue weighted by atomic mass is 35.5. The van der Waals surface area contributed by atoms with E-state index in [-0.39, 0.29) is 18.0 Å². The van der Waals surface area contributed by atoms with Crippen molar-refractivity contribution in [2.45, 2.75) is 32.6 Å². The van der Waals surface area contributed by atoms with E-state index in [0.717, 1.165) is 36.0 Å². The zero-order valence-electron chi connectivity index (χ0n) is 16.3. The van der Waals surface area contributed by atoms with Gasteiger partial charge >= 0.3 is 5.97 Å². The summed E-state index contributed by atoms with van der Waals surface area (Å²) >= 11 is 6.09. The molecule has 0 unspecified atom stereocenters. The number of carbonyl (C=O) groups excluding carboxylic acids is 1. The Labute approximate surface area is 174 Å². The number of rotatable bonds is 3. The molecule has 0 amide bonds. The van der Waals surface area contributed by atoms with E-state index in [2.05, 4.69) is 4.98 Å². The number of carbonyl (C=O) groups is 1. The number of aryl methyl sites for hydroxylation is 1. The van der Waals surface area contributed by atoms with Crippen LogP contribution >= 0.6 is 11.6 Å². The Balaban J connectivity index is 2.09. The summed E-state index contributed by atoms with van der Waals surface area (Å²) in [7, 11) is 0. The smallest absolute Gasteiger partial charge is 0.334 e. The zero-order chi connectivity index (χ0) is 20.4. The molecule has 1 heterocycles. The Hall–Kier alpha value is -2.85. The average molecular weight is 408 g/mol. The van der Waals surface area contributed by atoms with Gasteiger partial charge in [-0.15, -0.1) is 0 Å². The SMILES string of the molecule is CCOC(=O)C1=C(c2ccc(Cl)cc2)c2c([nH]c3ccccc3c2=O)CCCC1. The molecule has 0 saturated carbocycles. The molecule has 0 atom stereocenters. The van der Waals surface area contributed by atoms with Crippen LogP contribution in [0.4, 0.5) is 0 Å². The van der Waals surface area contributed by atoms with Crippen LogP contribution in [0.2, 0.25) is 5.02 Å². The summed E-state index contributed by atoms with van der Waals surface area (Å²) in [4.78, 5) is 29.9. The molecule has 0 bridgehead atoms. The number of ether oxygens (including phenoxy) is 1. The number of hydrogen-bond acceptors (Lipinski definition) is 3. The molecule has 1 aromatic heterocycles. The fourth-order valence-electron chi connectivity index (χ4n) is 3.98. The van der Waals surface area contributed by atoms with Gasteiger partial charge in [0.25, 0.3) is 0 Å². The predicted molar refractivity (Wildman–Crippen MR) is 116 cm³/mol. The molecule has 29 heavy (non-hydrogen) atoms. The summed E-state index contributed by atoms with van der Waals surface area (Å²) in [5.41, 5.74) is 4.17. The van der Waals surface area contributed by atoms with Crippen LogP contribution in [-0.4, -0.2) is 17.6 Å². The second-order valence-electron chi connectivity index (χ2n) is 7.14. The summed E-state index contributed by atoms with van der Waals surface area (Å²) in [6.45, 7) is 2.08. The Kier molecular flexibility index (Phi) is 5.54. The number of hydrogen-bond donors (Lipinski definition) is 1. The maximum Gasteiger partial charge on any atom is 0.334 e. The van der Waals surface area contributed by atoms with Crippen LogP contribution < -0.4 is 5.43 Å². The quantitative estimate of drug-likeness (QED) is 0.601. The maximum atomic E-state index is 13.6. The first-order valence-electron chi connectivity index (χ1n) is 9.90. The highest BCUT2D eigenvalue weighted by Crippen LogP contribution is 2.34. The first-order chi connectivity index (χ1) is 14.1. The lowest BCUT2D eigenvalue weighted by atomic mass is 9.85. The van der Waals surface area contributed by atoms with Gasteiger partial charge in [0.1, 0.15) is 0 Å². The lowest BCUT2D eigenvalue weighted by molar-refractivity contribution is -0.138. The molecule has 0 saturated heterocycles. The summed E-state index contributed by atoms with van der Waals surface area (Å²) in [5.74, 6) is -0.363. The number of esters is 1. The van der Waals surface area contributed by atoms with Crippen molar-refractivity contribution in [3.63, 3.8) is 0 Å². The third kappa shape index (κ3) is 3.73. The van der Waals surface area contributed by atoms with Crippen LogP contribution in [0.5, 0.6) is 0 Å². The molecule has 2 aromatic carbocycles. The molecule has 0 radical (unpaired) electrons. The van der Waals surface area contributed by atoms with Crippen LogP contribution in [0.25, 0.3) is 16.5 Å². The first-order valence-corrected chi connectivity index (χ1v) is 10.3. The number of nitrogens with one attached hydrogen (secondary N) is 1. The highest BCUT2D eigenvalue weighted by Gasteiger charge is 2.26. The number of pyridine rings is 1. The molecule has 148 valence electrons. The van der Waals surface area contributed by atoms with Gasteiger partial charge in [-0.1, -0.05) is 35.9 Å². The minimum atomic E-state index is -0.363. The molecule has 5 heteroatoms. The van der Waals surface area contributed by atoms with E-state index >= 15 is 0 Å². The van der Waals surface area contributed by atoms with E-state index < -0.39 is 0 Å². The van der Waals surface area contributed by atoms with E-state index in [1.807, 2.05) is 36.4 Å². The Morgan fingerprint density at radius 1 is 1.07 bits per heavy atom. The normalized spacial score (nSPS) is 14.3. The van der Waals surface area contributed by atoms with Gasteiger partial charge in [-0.25, -0.2) is 4.79 Å². The topological polar surface area (TPSA) is 59.2 Å². The Morgan fingerprint density at radius 3 is 2.55 bits per heavy atom. The van der Waals surface area contributed by atoms with E-state index in [4.69, 9.17) is 16.3 Å². The van der Waals surface area contributed by atoms with Crippen LogP contribution in [0.15, 0.2) is 58.9 Å². The number of halogens is 1. The van der Waals surface area contributed by atoms with Crippen LogP contribution in [0, 0.1) is 0 Å². The molecular formula is C24H22ClNO3. The van der Waals surface area contributed by atoms with Gasteiger partial charge in [0.15, 0.2) is 5.43 Å². The molecule has 1 aliphatic rings. The van der Waals surface area contributed by atoms with Gasteiger partial charge in [-0.2, -0.15) is 0 Å². The number of H-pyrrole nitrogens is 1. The van der Waals surface area contributed by atoms with E-state index in [1.54, 1.807) is 19.1 Å². The summed E-state index contributed by atoms with van der Waals surface area (Å²) < 4.78 is 5.36. The van der Waals surface area contributed by atoms with Crippen molar-refractivity contribution in [1.82, 2.24) is 4.98 Å². The molecule has 3 aromatic rings. The summed E-state index contributed by atoms with van der Waals surface area (Å²) in [6, 6.07) is 14.8. The first kappa shape index (κ1) is 19.5. The minimum absolute atomic E-state index is 0.0667. The Morgan fingerprint density at radius 2 is 1.79 bits per heavy atom. The monoisotopic (exact) mass is 407 g/mol. The lowest BCUT2D eigenvalue weighted by Crippen LogP contribution is -2.20. The second-order valence-corrected chi connectivity index (χ2v) is 7.58. The number of benzene rings is 2. The van der Waals surface area contributed by atoms with Crippen LogP contribution in [0.3, 0.4) is 0 Å². The molecule has 4 nitrogen and oxygen atoms in total. The lowest BCUT2D eigenvalue weighted by Gasteiger charge is -2.21. The van der Waals surface area contributed by atoms with Crippen molar-refractivity contribution >= 4 is 34.0 Å². The van der Waals surface area contributed by atoms with E-state index in [9.17, 15) is 9.59 Å². The fraction of sp³-hybridized carbons (Fsp3) is 0.250. The number of aromatic nitrogens is 1. The minimum Gasteiger partial charge on any atom is -0.463 e. The molecule has 1 N–H and O–H groups in total. The number of para-hydroxylation sites is 1. The van der Waals surface area contributed by atoms with Crippen molar-refractivity contribution in [2.75, 3.05) is 6.61 Å². The molecule has 0 spiro atoms. The highest BCUT2D eigenvalue weighted by molar-refractivity contribution is 6.30. The molecule has 1 aliphatic carbocycles. The van der Waals surface area contributed by atoms with Crippen LogP contribution in [-0.2, 0) is 16.0 Å². The van der Waals surface area contributed by atoms with Gasteiger partial charge < -0.3 is 9.72 Å². The maximum absolute atomic E-state index is 13.6. The van der Waals surface area contributed by atoms with Gasteiger partial charge in [0, 0.05) is 32.8 Å². The van der Waals surface area contributed by atoms with Crippen LogP contribution in [0.1, 0.15) is 43.0 Å².